The van der Waals surface area contributed by atoms with Crippen molar-refractivity contribution in [2.24, 2.45) is 5.92 Å². The smallest absolute Gasteiger partial charge is 0.328 e. The Morgan fingerprint density at radius 1 is 1.31 bits per heavy atom. The van der Waals surface area contributed by atoms with Gasteiger partial charge >= 0.3 is 11.7 Å². The largest absolute Gasteiger partial charge is 0.481 e. The number of carboxylic acid groups (broad SMARTS) is 1. The van der Waals surface area contributed by atoms with E-state index in [4.69, 9.17) is 5.11 Å². The van der Waals surface area contributed by atoms with Gasteiger partial charge in [-0.3, -0.25) is 23.9 Å². The van der Waals surface area contributed by atoms with Gasteiger partial charge in [-0.2, -0.15) is 0 Å². The van der Waals surface area contributed by atoms with Crippen LogP contribution in [-0.4, -0.2) is 44.0 Å². The average molecular weight is 359 g/mol. The number of H-pyrrole nitrogens is 1. The van der Waals surface area contributed by atoms with Crippen molar-refractivity contribution >= 4 is 22.8 Å². The fourth-order valence-electron chi connectivity index (χ4n) is 3.03. The van der Waals surface area contributed by atoms with Crippen LogP contribution < -0.4 is 11.2 Å². The van der Waals surface area contributed by atoms with Crippen molar-refractivity contribution in [3.05, 3.63) is 45.1 Å². The fourth-order valence-corrected chi connectivity index (χ4v) is 3.03. The Bertz CT molecular complexity index is 957. The van der Waals surface area contributed by atoms with Crippen LogP contribution in [0.1, 0.15) is 26.2 Å². The lowest BCUT2D eigenvalue weighted by Crippen LogP contribution is -2.39. The number of aromatic nitrogens is 2. The van der Waals surface area contributed by atoms with Crippen LogP contribution in [0.5, 0.6) is 0 Å². The van der Waals surface area contributed by atoms with E-state index >= 15 is 0 Å². The normalized spacial score (nSPS) is 15.0. The molecule has 0 saturated heterocycles. The number of hydrogen-bond donors (Lipinski definition) is 2. The number of carboxylic acids is 1. The van der Waals surface area contributed by atoms with E-state index in [0.717, 1.165) is 12.8 Å². The molecule has 0 radical (unpaired) electrons. The summed E-state index contributed by atoms with van der Waals surface area (Å²) in [6.07, 6.45) is 1.82. The van der Waals surface area contributed by atoms with E-state index in [1.54, 1.807) is 36.1 Å². The lowest BCUT2D eigenvalue weighted by Gasteiger charge is -2.24. The monoisotopic (exact) mass is 359 g/mol. The molecule has 138 valence electrons. The minimum atomic E-state index is -0.939. The summed E-state index contributed by atoms with van der Waals surface area (Å²) in [4.78, 5) is 51.6. The number of aromatic amines is 1. The summed E-state index contributed by atoms with van der Waals surface area (Å²) in [6, 6.07) is 6.82. The molecule has 0 bridgehead atoms. The molecule has 0 spiro atoms. The number of nitrogens with one attached hydrogen (secondary N) is 1. The molecule has 8 nitrogen and oxygen atoms in total. The molecule has 1 aromatic heterocycles. The van der Waals surface area contributed by atoms with Crippen molar-refractivity contribution in [3.8, 4) is 0 Å². The van der Waals surface area contributed by atoms with Gasteiger partial charge in [-0.05, 0) is 25.0 Å². The molecule has 1 aromatic carbocycles. The number of fused-ring (bicyclic) bond motifs is 1. The second kappa shape index (κ2) is 7.15. The van der Waals surface area contributed by atoms with Crippen molar-refractivity contribution in [1.29, 1.82) is 0 Å². The number of aliphatic carboxylic acids is 1. The molecule has 1 heterocycles. The van der Waals surface area contributed by atoms with Crippen LogP contribution >= 0.6 is 0 Å². The lowest BCUT2D eigenvalue weighted by atomic mass is 10.1. The van der Waals surface area contributed by atoms with Crippen LogP contribution in [0.15, 0.2) is 33.9 Å². The van der Waals surface area contributed by atoms with E-state index in [-0.39, 0.29) is 31.5 Å². The van der Waals surface area contributed by atoms with Crippen molar-refractivity contribution in [3.63, 3.8) is 0 Å². The molecule has 1 fully saturated rings. The zero-order valence-electron chi connectivity index (χ0n) is 14.5. The first-order valence-electron chi connectivity index (χ1n) is 8.62. The molecule has 1 saturated carbocycles. The van der Waals surface area contributed by atoms with Gasteiger partial charge in [0, 0.05) is 25.6 Å². The molecular formula is C18H21N3O5. The fraction of sp³-hybridized carbons (Fsp3) is 0.444. The Labute approximate surface area is 149 Å². The van der Waals surface area contributed by atoms with Crippen LogP contribution in [-0.2, 0) is 16.1 Å². The number of aryl methyl sites for hydroxylation is 1. The molecule has 3 rings (SSSR count). The first kappa shape index (κ1) is 17.9. The molecular weight excluding hydrogens is 338 g/mol. The quantitative estimate of drug-likeness (QED) is 0.759. The Morgan fingerprint density at radius 3 is 2.65 bits per heavy atom. The summed E-state index contributed by atoms with van der Waals surface area (Å²) in [6.45, 7) is 1.87. The van der Waals surface area contributed by atoms with Gasteiger partial charge in [-0.15, -0.1) is 0 Å². The highest BCUT2D eigenvalue weighted by atomic mass is 16.4. The number of nitrogens with zero attached hydrogens (tertiary/aromatic N) is 2. The Kier molecular flexibility index (Phi) is 4.92. The molecule has 0 aliphatic heterocycles. The maximum absolute atomic E-state index is 12.6. The third kappa shape index (κ3) is 3.68. The second-order valence-corrected chi connectivity index (χ2v) is 6.69. The SMILES string of the molecule is CC(CN(C(=O)CCn1c(=O)[nH]c(=O)c2ccccc21)C1CC1)C(=O)O. The first-order valence-corrected chi connectivity index (χ1v) is 8.62. The molecule has 26 heavy (non-hydrogen) atoms. The Morgan fingerprint density at radius 2 is 2.00 bits per heavy atom. The minimum Gasteiger partial charge on any atom is -0.481 e. The van der Waals surface area contributed by atoms with E-state index in [2.05, 4.69) is 4.98 Å². The maximum Gasteiger partial charge on any atom is 0.328 e. The van der Waals surface area contributed by atoms with Crippen LogP contribution in [0.3, 0.4) is 0 Å². The van der Waals surface area contributed by atoms with Gasteiger partial charge in [0.25, 0.3) is 5.56 Å². The molecule has 1 atom stereocenters. The molecule has 1 unspecified atom stereocenters. The number of rotatable bonds is 7. The predicted molar refractivity (Wildman–Crippen MR) is 95.0 cm³/mol. The van der Waals surface area contributed by atoms with Crippen molar-refractivity contribution in [2.45, 2.75) is 38.8 Å². The molecule has 8 heteroatoms. The zero-order valence-corrected chi connectivity index (χ0v) is 14.5. The summed E-state index contributed by atoms with van der Waals surface area (Å²) >= 11 is 0. The number of benzene rings is 1. The third-order valence-corrected chi connectivity index (χ3v) is 4.65. The van der Waals surface area contributed by atoms with Crippen molar-refractivity contribution in [2.75, 3.05) is 6.54 Å². The van der Waals surface area contributed by atoms with Gasteiger partial charge < -0.3 is 10.0 Å². The standard InChI is InChI=1S/C18H21N3O5/c1-11(17(24)25)10-21(12-6-7-12)15(22)8-9-20-14-5-3-2-4-13(14)16(23)19-18(20)26/h2-5,11-12H,6-10H2,1H3,(H,24,25)(H,19,23,26). The van der Waals surface area contributed by atoms with Gasteiger partial charge in [0.2, 0.25) is 5.91 Å². The summed E-state index contributed by atoms with van der Waals surface area (Å²) in [5.74, 6) is -1.76. The maximum atomic E-state index is 12.6. The van der Waals surface area contributed by atoms with Crippen LogP contribution in [0, 0.1) is 5.92 Å². The summed E-state index contributed by atoms with van der Waals surface area (Å²) < 4.78 is 1.38. The predicted octanol–water partition coefficient (Wildman–Crippen LogP) is 0.792. The molecule has 1 aliphatic carbocycles. The van der Waals surface area contributed by atoms with Crippen LogP contribution in [0.25, 0.3) is 10.9 Å². The van der Waals surface area contributed by atoms with E-state index in [9.17, 15) is 19.2 Å². The highest BCUT2D eigenvalue weighted by Crippen LogP contribution is 2.28. The van der Waals surface area contributed by atoms with Crippen molar-refractivity contribution in [1.82, 2.24) is 14.5 Å². The van der Waals surface area contributed by atoms with Gasteiger partial charge in [-0.25, -0.2) is 4.79 Å². The number of amides is 1. The molecule has 2 N–H and O–H groups in total. The van der Waals surface area contributed by atoms with Crippen LogP contribution in [0.4, 0.5) is 0 Å². The van der Waals surface area contributed by atoms with Crippen LogP contribution in [0.2, 0.25) is 0 Å². The van der Waals surface area contributed by atoms with Crippen molar-refractivity contribution < 1.29 is 14.7 Å². The lowest BCUT2D eigenvalue weighted by molar-refractivity contribution is -0.143. The van der Waals surface area contributed by atoms with E-state index in [0.29, 0.717) is 10.9 Å². The number of para-hydroxylation sites is 1. The molecule has 1 aliphatic rings. The van der Waals surface area contributed by atoms with E-state index < -0.39 is 23.1 Å². The summed E-state index contributed by atoms with van der Waals surface area (Å²) in [5, 5.41) is 9.47. The number of carbonyl (C=O) groups is 2. The molecule has 1 amide bonds. The number of hydrogen-bond acceptors (Lipinski definition) is 4. The Balaban J connectivity index is 1.79. The van der Waals surface area contributed by atoms with Gasteiger partial charge in [0.05, 0.1) is 16.8 Å². The van der Waals surface area contributed by atoms with E-state index in [1.165, 1.54) is 4.57 Å². The molecule has 2 aromatic rings. The minimum absolute atomic E-state index is 0.0682. The zero-order chi connectivity index (χ0) is 18.8. The highest BCUT2D eigenvalue weighted by Gasteiger charge is 2.34. The van der Waals surface area contributed by atoms with Gasteiger partial charge in [0.1, 0.15) is 0 Å². The average Bonchev–Trinajstić information content (AvgIpc) is 3.43. The topological polar surface area (TPSA) is 112 Å². The number of carbonyl (C=O) groups excluding carboxylic acids is 1. The van der Waals surface area contributed by atoms with Gasteiger partial charge in [0.15, 0.2) is 0 Å². The first-order chi connectivity index (χ1) is 12.4. The highest BCUT2D eigenvalue weighted by molar-refractivity contribution is 5.79. The summed E-state index contributed by atoms with van der Waals surface area (Å²) in [5.41, 5.74) is -0.535. The summed E-state index contributed by atoms with van der Waals surface area (Å²) in [7, 11) is 0. The third-order valence-electron chi connectivity index (χ3n) is 4.65. The van der Waals surface area contributed by atoms with Gasteiger partial charge in [-0.1, -0.05) is 19.1 Å². The second-order valence-electron chi connectivity index (χ2n) is 6.69. The Hall–Kier alpha value is -2.90. The van der Waals surface area contributed by atoms with E-state index in [1.807, 2.05) is 0 Å².